The van der Waals surface area contributed by atoms with Crippen molar-refractivity contribution in [3.63, 3.8) is 0 Å². The van der Waals surface area contributed by atoms with Gasteiger partial charge in [-0.2, -0.15) is 0 Å². The molecule has 0 saturated carbocycles. The van der Waals surface area contributed by atoms with Gasteiger partial charge in [0.1, 0.15) is 5.82 Å². The second-order valence-corrected chi connectivity index (χ2v) is 8.23. The Morgan fingerprint density at radius 2 is 1.44 bits per heavy atom. The van der Waals surface area contributed by atoms with E-state index in [9.17, 15) is 8.42 Å². The van der Waals surface area contributed by atoms with Crippen LogP contribution >= 0.6 is 0 Å². The Morgan fingerprint density at radius 1 is 0.778 bits per heavy atom. The van der Waals surface area contributed by atoms with Crippen molar-refractivity contribution < 1.29 is 8.42 Å². The molecule has 7 heteroatoms. The van der Waals surface area contributed by atoms with Crippen molar-refractivity contribution >= 4 is 26.7 Å². The summed E-state index contributed by atoms with van der Waals surface area (Å²) < 4.78 is 23.3. The SMILES string of the molecule is CS(=O)(=O)c1ccc(-c2cnc(N)c(-c3ccc4nccnc4c3)c2)cc1. The van der Waals surface area contributed by atoms with Crippen LogP contribution in [0.4, 0.5) is 5.82 Å². The summed E-state index contributed by atoms with van der Waals surface area (Å²) in [4.78, 5) is 13.2. The van der Waals surface area contributed by atoms with Crippen LogP contribution in [0.1, 0.15) is 0 Å². The van der Waals surface area contributed by atoms with Crippen LogP contribution in [0.2, 0.25) is 0 Å². The van der Waals surface area contributed by atoms with E-state index in [0.29, 0.717) is 5.82 Å². The van der Waals surface area contributed by atoms with Gasteiger partial charge in [0.05, 0.1) is 15.9 Å². The Morgan fingerprint density at radius 3 is 2.15 bits per heavy atom. The third-order valence-corrected chi connectivity index (χ3v) is 5.44. The molecule has 0 bridgehead atoms. The normalized spacial score (nSPS) is 11.6. The second-order valence-electron chi connectivity index (χ2n) is 6.21. The number of nitrogens with zero attached hydrogens (tertiary/aromatic N) is 3. The van der Waals surface area contributed by atoms with Crippen molar-refractivity contribution in [2.24, 2.45) is 0 Å². The van der Waals surface area contributed by atoms with E-state index in [1.54, 1.807) is 42.9 Å². The maximum absolute atomic E-state index is 11.6. The predicted octanol–water partition coefficient (Wildman–Crippen LogP) is 3.34. The maximum Gasteiger partial charge on any atom is 0.175 e. The molecule has 4 aromatic rings. The first-order chi connectivity index (χ1) is 12.9. The summed E-state index contributed by atoms with van der Waals surface area (Å²) in [6, 6.07) is 14.4. The average Bonchev–Trinajstić information content (AvgIpc) is 2.67. The number of pyridine rings is 1. The number of anilines is 1. The molecule has 2 heterocycles. The van der Waals surface area contributed by atoms with Gasteiger partial charge in [-0.1, -0.05) is 18.2 Å². The summed E-state index contributed by atoms with van der Waals surface area (Å²) in [5, 5.41) is 0. The molecule has 0 amide bonds. The third kappa shape index (κ3) is 3.37. The van der Waals surface area contributed by atoms with Crippen LogP contribution < -0.4 is 5.73 Å². The number of nitrogens with two attached hydrogens (primary N) is 1. The highest BCUT2D eigenvalue weighted by atomic mass is 32.2. The van der Waals surface area contributed by atoms with Gasteiger partial charge >= 0.3 is 0 Å². The largest absolute Gasteiger partial charge is 0.383 e. The molecule has 4 rings (SSSR count). The molecule has 134 valence electrons. The van der Waals surface area contributed by atoms with Crippen molar-refractivity contribution in [1.29, 1.82) is 0 Å². The molecular weight excluding hydrogens is 360 g/mol. The Hall–Kier alpha value is -3.32. The minimum Gasteiger partial charge on any atom is -0.383 e. The van der Waals surface area contributed by atoms with Gasteiger partial charge in [-0.25, -0.2) is 13.4 Å². The van der Waals surface area contributed by atoms with E-state index < -0.39 is 9.84 Å². The van der Waals surface area contributed by atoms with Gasteiger partial charge in [-0.15, -0.1) is 0 Å². The van der Waals surface area contributed by atoms with Gasteiger partial charge < -0.3 is 5.73 Å². The molecule has 0 unspecified atom stereocenters. The highest BCUT2D eigenvalue weighted by Gasteiger charge is 2.10. The Balaban J connectivity index is 1.79. The zero-order chi connectivity index (χ0) is 19.0. The lowest BCUT2D eigenvalue weighted by molar-refractivity contribution is 0.602. The second kappa shape index (κ2) is 6.44. The number of fused-ring (bicyclic) bond motifs is 1. The molecule has 0 spiro atoms. The molecule has 6 nitrogen and oxygen atoms in total. The van der Waals surface area contributed by atoms with E-state index in [0.717, 1.165) is 33.3 Å². The molecule has 0 fully saturated rings. The molecular formula is C20H16N4O2S. The van der Waals surface area contributed by atoms with Crippen LogP contribution in [0.15, 0.2) is 72.0 Å². The van der Waals surface area contributed by atoms with Crippen LogP contribution in [0.5, 0.6) is 0 Å². The minimum atomic E-state index is -3.23. The molecule has 2 aromatic carbocycles. The highest BCUT2D eigenvalue weighted by molar-refractivity contribution is 7.90. The van der Waals surface area contributed by atoms with Crippen molar-refractivity contribution in [2.45, 2.75) is 4.90 Å². The topological polar surface area (TPSA) is 98.8 Å². The number of hydrogen-bond acceptors (Lipinski definition) is 6. The number of rotatable bonds is 3. The van der Waals surface area contributed by atoms with Crippen LogP contribution in [0.25, 0.3) is 33.3 Å². The maximum atomic E-state index is 11.6. The molecule has 2 N–H and O–H groups in total. The monoisotopic (exact) mass is 376 g/mol. The van der Waals surface area contributed by atoms with Crippen molar-refractivity contribution in [3.05, 3.63) is 67.1 Å². The first-order valence-electron chi connectivity index (χ1n) is 8.19. The van der Waals surface area contributed by atoms with E-state index >= 15 is 0 Å². The van der Waals surface area contributed by atoms with Crippen molar-refractivity contribution in [2.75, 3.05) is 12.0 Å². The molecule has 0 aliphatic heterocycles. The Labute approximate surface area is 156 Å². The van der Waals surface area contributed by atoms with E-state index in [-0.39, 0.29) is 4.90 Å². The predicted molar refractivity (Wildman–Crippen MR) is 106 cm³/mol. The molecule has 0 aliphatic carbocycles. The number of sulfone groups is 1. The quantitative estimate of drug-likeness (QED) is 0.589. The van der Waals surface area contributed by atoms with E-state index in [4.69, 9.17) is 5.73 Å². The third-order valence-electron chi connectivity index (χ3n) is 4.31. The zero-order valence-corrected chi connectivity index (χ0v) is 15.3. The summed E-state index contributed by atoms with van der Waals surface area (Å²) in [6.07, 6.45) is 6.16. The first kappa shape index (κ1) is 17.1. The fourth-order valence-electron chi connectivity index (χ4n) is 2.89. The van der Waals surface area contributed by atoms with E-state index in [1.807, 2.05) is 24.3 Å². The lowest BCUT2D eigenvalue weighted by Crippen LogP contribution is -1.97. The number of nitrogen functional groups attached to an aromatic ring is 1. The van der Waals surface area contributed by atoms with Crippen LogP contribution in [-0.2, 0) is 9.84 Å². The summed E-state index contributed by atoms with van der Waals surface area (Å²) in [6.45, 7) is 0. The Kier molecular flexibility index (Phi) is 4.08. The molecule has 0 saturated heterocycles. The fourth-order valence-corrected chi connectivity index (χ4v) is 3.52. The van der Waals surface area contributed by atoms with Crippen molar-refractivity contribution in [3.8, 4) is 22.3 Å². The average molecular weight is 376 g/mol. The molecule has 2 aromatic heterocycles. The molecule has 0 aliphatic rings. The van der Waals surface area contributed by atoms with Gasteiger partial charge in [-0.05, 0) is 41.5 Å². The molecule has 0 atom stereocenters. The fraction of sp³-hybridized carbons (Fsp3) is 0.0500. The van der Waals surface area contributed by atoms with Crippen LogP contribution in [0, 0.1) is 0 Å². The summed E-state index contributed by atoms with van der Waals surface area (Å²) in [5.74, 6) is 0.412. The minimum absolute atomic E-state index is 0.281. The lowest BCUT2D eigenvalue weighted by Gasteiger charge is -2.09. The number of hydrogen-bond donors (Lipinski definition) is 1. The zero-order valence-electron chi connectivity index (χ0n) is 14.5. The van der Waals surface area contributed by atoms with Gasteiger partial charge in [0.25, 0.3) is 0 Å². The molecule has 0 radical (unpaired) electrons. The lowest BCUT2D eigenvalue weighted by atomic mass is 10.0. The van der Waals surface area contributed by atoms with Gasteiger partial charge in [0, 0.05) is 36.0 Å². The Bertz CT molecular complexity index is 1250. The summed E-state index contributed by atoms with van der Waals surface area (Å²) in [5.41, 5.74) is 11.1. The van der Waals surface area contributed by atoms with Crippen LogP contribution in [-0.4, -0.2) is 29.6 Å². The van der Waals surface area contributed by atoms with E-state index in [1.165, 1.54) is 6.26 Å². The number of benzene rings is 2. The van der Waals surface area contributed by atoms with E-state index in [2.05, 4.69) is 15.0 Å². The number of aromatic nitrogens is 3. The summed E-state index contributed by atoms with van der Waals surface area (Å²) >= 11 is 0. The van der Waals surface area contributed by atoms with Gasteiger partial charge in [0.15, 0.2) is 9.84 Å². The first-order valence-corrected chi connectivity index (χ1v) is 10.1. The smallest absolute Gasteiger partial charge is 0.175 e. The highest BCUT2D eigenvalue weighted by Crippen LogP contribution is 2.31. The van der Waals surface area contributed by atoms with Crippen LogP contribution in [0.3, 0.4) is 0 Å². The van der Waals surface area contributed by atoms with Gasteiger partial charge in [-0.3, -0.25) is 9.97 Å². The van der Waals surface area contributed by atoms with Crippen molar-refractivity contribution in [1.82, 2.24) is 15.0 Å². The summed E-state index contributed by atoms with van der Waals surface area (Å²) in [7, 11) is -3.23. The van der Waals surface area contributed by atoms with Gasteiger partial charge in [0.2, 0.25) is 0 Å². The standard InChI is InChI=1S/C20H16N4O2S/c1-27(25,26)16-5-2-13(3-6-16)15-10-17(20(21)24-12-15)14-4-7-18-19(11-14)23-9-8-22-18/h2-12H,1H3,(H2,21,24). The molecule has 27 heavy (non-hydrogen) atoms.